The van der Waals surface area contributed by atoms with Crippen LogP contribution in [0, 0.1) is 20.8 Å². The second-order valence-electron chi connectivity index (χ2n) is 7.00. The Bertz CT molecular complexity index is 1020. The van der Waals surface area contributed by atoms with Crippen LogP contribution in [0.5, 0.6) is 5.88 Å². The van der Waals surface area contributed by atoms with E-state index in [2.05, 4.69) is 29.3 Å². The summed E-state index contributed by atoms with van der Waals surface area (Å²) in [5.74, 6) is 0.151. The lowest BCUT2D eigenvalue weighted by molar-refractivity contribution is -0.115. The van der Waals surface area contributed by atoms with Crippen LogP contribution in [0.25, 0.3) is 16.6 Å². The molecule has 0 saturated heterocycles. The number of nitrogens with zero attached hydrogens (tertiary/aromatic N) is 2. The molecule has 0 aliphatic heterocycles. The third-order valence-electron chi connectivity index (χ3n) is 4.46. The third kappa shape index (κ3) is 3.27. The van der Waals surface area contributed by atoms with Gasteiger partial charge in [-0.15, -0.1) is 0 Å². The van der Waals surface area contributed by atoms with Gasteiger partial charge in [0.25, 0.3) is 0 Å². The zero-order chi connectivity index (χ0) is 19.0. The lowest BCUT2D eigenvalue weighted by Crippen LogP contribution is -2.02. The Morgan fingerprint density at radius 3 is 2.27 bits per heavy atom. The normalized spacial score (nSPS) is 12.0. The highest BCUT2D eigenvalue weighted by atomic mass is 16.3. The Morgan fingerprint density at radius 1 is 1.00 bits per heavy atom. The first-order chi connectivity index (χ1) is 12.3. The van der Waals surface area contributed by atoms with Gasteiger partial charge in [-0.2, -0.15) is 0 Å². The van der Waals surface area contributed by atoms with Crippen molar-refractivity contribution in [3.8, 4) is 11.6 Å². The maximum absolute atomic E-state index is 11.3. The van der Waals surface area contributed by atoms with E-state index in [0.29, 0.717) is 11.3 Å². The van der Waals surface area contributed by atoms with Crippen molar-refractivity contribution >= 4 is 22.4 Å². The molecule has 0 aliphatic rings. The molecule has 3 rings (SSSR count). The number of aliphatic imine (C=N–C) groups is 1. The number of benzene rings is 2. The summed E-state index contributed by atoms with van der Waals surface area (Å²) in [6.07, 6.45) is 0. The van der Waals surface area contributed by atoms with E-state index in [-0.39, 0.29) is 18.2 Å². The monoisotopic (exact) mass is 348 g/mol. The predicted octanol–water partition coefficient (Wildman–Crippen LogP) is 4.66. The number of hydrogen-bond acceptors (Lipinski definition) is 3. The summed E-state index contributed by atoms with van der Waals surface area (Å²) in [6.45, 7) is 9.59. The molecule has 4 heteroatoms. The van der Waals surface area contributed by atoms with Crippen LogP contribution >= 0.6 is 0 Å². The van der Waals surface area contributed by atoms with Gasteiger partial charge in [-0.3, -0.25) is 14.4 Å². The number of Topliss-reactive ketones (excluding diaryl/α,β-unsaturated/α-hetero) is 1. The minimum Gasteiger partial charge on any atom is -0.494 e. The number of aryl methyl sites for hydroxylation is 3. The molecule has 0 aliphatic carbocycles. The molecule has 3 aromatic rings. The number of carbonyl (C=O) groups excluding carboxylic acids is 1. The third-order valence-corrected chi connectivity index (χ3v) is 4.46. The Kier molecular flexibility index (Phi) is 4.68. The minimum atomic E-state index is -0.00210. The number of fused-ring (bicyclic) bond motifs is 1. The van der Waals surface area contributed by atoms with Gasteiger partial charge in [-0.05, 0) is 69.5 Å². The number of hydrogen-bond donors (Lipinski definition) is 1. The second-order valence-corrected chi connectivity index (χ2v) is 7.00. The highest BCUT2D eigenvalue weighted by Gasteiger charge is 2.20. The van der Waals surface area contributed by atoms with Gasteiger partial charge in [-0.1, -0.05) is 18.2 Å². The molecule has 0 radical (unpaired) electrons. The van der Waals surface area contributed by atoms with E-state index >= 15 is 0 Å². The number of carbonyl (C=O) groups is 1. The van der Waals surface area contributed by atoms with Crippen LogP contribution in [0.4, 0.5) is 0 Å². The lowest BCUT2D eigenvalue weighted by atomic mass is 10.1. The molecule has 1 aromatic heterocycles. The molecule has 26 heavy (non-hydrogen) atoms. The van der Waals surface area contributed by atoms with Crippen LogP contribution in [0.3, 0.4) is 0 Å². The summed E-state index contributed by atoms with van der Waals surface area (Å²) in [4.78, 5) is 15.7. The molecule has 0 saturated carbocycles. The van der Waals surface area contributed by atoms with E-state index < -0.39 is 0 Å². The summed E-state index contributed by atoms with van der Waals surface area (Å²) in [5, 5.41) is 12.0. The number of aromatic hydroxyl groups is 1. The molecule has 0 spiro atoms. The first-order valence-electron chi connectivity index (χ1n) is 8.71. The summed E-state index contributed by atoms with van der Waals surface area (Å²) < 4.78 is 1.87. The van der Waals surface area contributed by atoms with E-state index in [9.17, 15) is 9.90 Å². The van der Waals surface area contributed by atoms with E-state index in [4.69, 9.17) is 0 Å². The number of rotatable bonds is 4. The van der Waals surface area contributed by atoms with Gasteiger partial charge in [0.2, 0.25) is 5.88 Å². The van der Waals surface area contributed by atoms with Gasteiger partial charge in [0, 0.05) is 16.8 Å². The average molecular weight is 348 g/mol. The Labute approximate surface area is 153 Å². The van der Waals surface area contributed by atoms with E-state index in [1.54, 1.807) is 0 Å². The van der Waals surface area contributed by atoms with Crippen molar-refractivity contribution in [1.82, 2.24) is 4.57 Å². The predicted molar refractivity (Wildman–Crippen MR) is 107 cm³/mol. The van der Waals surface area contributed by atoms with Gasteiger partial charge in [0.1, 0.15) is 0 Å². The van der Waals surface area contributed by atoms with Gasteiger partial charge >= 0.3 is 0 Å². The molecule has 2 aromatic carbocycles. The zero-order valence-corrected chi connectivity index (χ0v) is 15.9. The average Bonchev–Trinajstić information content (AvgIpc) is 2.82. The number of ketones is 1. The minimum absolute atomic E-state index is 0.00210. The van der Waals surface area contributed by atoms with Gasteiger partial charge in [0.15, 0.2) is 5.78 Å². The van der Waals surface area contributed by atoms with Crippen LogP contribution in [-0.2, 0) is 4.79 Å². The molecule has 134 valence electrons. The van der Waals surface area contributed by atoms with Crippen LogP contribution in [0.15, 0.2) is 41.4 Å². The van der Waals surface area contributed by atoms with Crippen molar-refractivity contribution in [3.05, 3.63) is 58.7 Å². The molecule has 0 atom stereocenters. The van der Waals surface area contributed by atoms with Crippen molar-refractivity contribution in [3.63, 3.8) is 0 Å². The van der Waals surface area contributed by atoms with Crippen molar-refractivity contribution in [2.24, 2.45) is 4.99 Å². The quantitative estimate of drug-likeness (QED) is 0.697. The maximum atomic E-state index is 11.3. The Hall–Kier alpha value is -2.88. The van der Waals surface area contributed by atoms with Gasteiger partial charge in [0.05, 0.1) is 17.6 Å². The van der Waals surface area contributed by atoms with Crippen molar-refractivity contribution < 1.29 is 9.90 Å². The molecular formula is C22H24N2O2. The number of aromatic nitrogens is 1. The van der Waals surface area contributed by atoms with Crippen molar-refractivity contribution in [2.45, 2.75) is 34.6 Å². The summed E-state index contributed by atoms with van der Waals surface area (Å²) in [7, 11) is 0. The SMILES string of the molecule is CC(=O)CN=C(C)c1c(O)n(-c2cc(C)cc(C)c2)c2cc(C)ccc12. The molecule has 0 amide bonds. The van der Waals surface area contributed by atoms with Crippen LogP contribution in [0.1, 0.15) is 36.1 Å². The van der Waals surface area contributed by atoms with E-state index in [0.717, 1.165) is 33.3 Å². The molecule has 0 bridgehead atoms. The summed E-state index contributed by atoms with van der Waals surface area (Å²) in [5.41, 5.74) is 6.58. The molecule has 0 unspecified atom stereocenters. The van der Waals surface area contributed by atoms with Crippen LogP contribution in [-0.4, -0.2) is 27.7 Å². The molecule has 0 fully saturated rings. The highest BCUT2D eigenvalue weighted by molar-refractivity contribution is 6.13. The van der Waals surface area contributed by atoms with E-state index in [1.165, 1.54) is 6.92 Å². The topological polar surface area (TPSA) is 54.6 Å². The summed E-state index contributed by atoms with van der Waals surface area (Å²) >= 11 is 0. The smallest absolute Gasteiger partial charge is 0.206 e. The second kappa shape index (κ2) is 6.79. The standard InChI is InChI=1S/C22H24N2O2/c1-13-6-7-19-20(11-13)24(18-9-14(2)8-15(3)10-18)22(26)21(19)17(5)23-12-16(4)25/h6-11,26H,12H2,1-5H3. The molecule has 1 heterocycles. The molecule has 4 nitrogen and oxygen atoms in total. The lowest BCUT2D eigenvalue weighted by Gasteiger charge is -2.10. The summed E-state index contributed by atoms with van der Waals surface area (Å²) in [6, 6.07) is 12.3. The van der Waals surface area contributed by atoms with Crippen LogP contribution in [0.2, 0.25) is 0 Å². The van der Waals surface area contributed by atoms with Gasteiger partial charge < -0.3 is 5.11 Å². The first-order valence-corrected chi connectivity index (χ1v) is 8.71. The molecule has 1 N–H and O–H groups in total. The fourth-order valence-electron chi connectivity index (χ4n) is 3.39. The highest BCUT2D eigenvalue weighted by Crippen LogP contribution is 2.36. The van der Waals surface area contributed by atoms with Crippen LogP contribution < -0.4 is 0 Å². The largest absolute Gasteiger partial charge is 0.494 e. The van der Waals surface area contributed by atoms with Crippen molar-refractivity contribution in [2.75, 3.05) is 6.54 Å². The Balaban J connectivity index is 2.33. The fourth-order valence-corrected chi connectivity index (χ4v) is 3.39. The maximum Gasteiger partial charge on any atom is 0.206 e. The molecular weight excluding hydrogens is 324 g/mol. The Morgan fingerprint density at radius 2 is 1.65 bits per heavy atom. The van der Waals surface area contributed by atoms with Gasteiger partial charge in [-0.25, -0.2) is 0 Å². The van der Waals surface area contributed by atoms with E-state index in [1.807, 2.05) is 44.4 Å². The van der Waals surface area contributed by atoms with Crippen molar-refractivity contribution in [1.29, 1.82) is 0 Å². The zero-order valence-electron chi connectivity index (χ0n) is 15.9. The fraction of sp³-hybridized carbons (Fsp3) is 0.273. The first kappa shape index (κ1) is 17.9.